The van der Waals surface area contributed by atoms with E-state index in [1.54, 1.807) is 23.9 Å². The van der Waals surface area contributed by atoms with Gasteiger partial charge in [0.05, 0.1) is 0 Å². The molecular formula is C21H24FN3S. The summed E-state index contributed by atoms with van der Waals surface area (Å²) in [6.45, 7) is 9.49. The molecule has 26 heavy (non-hydrogen) atoms. The van der Waals surface area contributed by atoms with Crippen molar-refractivity contribution in [2.24, 2.45) is 0 Å². The third-order valence-electron chi connectivity index (χ3n) is 4.30. The molecule has 0 atom stereocenters. The summed E-state index contributed by atoms with van der Waals surface area (Å²) in [4.78, 5) is 0. The predicted octanol–water partition coefficient (Wildman–Crippen LogP) is 5.69. The van der Waals surface area contributed by atoms with Crippen molar-refractivity contribution in [1.29, 1.82) is 0 Å². The molecule has 1 heterocycles. The molecule has 0 N–H and O–H groups in total. The molecule has 3 aromatic rings. The first kappa shape index (κ1) is 18.6. The minimum atomic E-state index is -0.209. The van der Waals surface area contributed by atoms with E-state index < -0.39 is 0 Å². The van der Waals surface area contributed by atoms with E-state index in [1.165, 1.54) is 11.6 Å². The Kier molecular flexibility index (Phi) is 5.47. The Balaban J connectivity index is 1.81. The second-order valence-corrected chi connectivity index (χ2v) is 8.24. The number of benzene rings is 2. The van der Waals surface area contributed by atoms with Gasteiger partial charge in [-0.2, -0.15) is 0 Å². The van der Waals surface area contributed by atoms with Gasteiger partial charge in [0.25, 0.3) is 0 Å². The fourth-order valence-electron chi connectivity index (χ4n) is 2.79. The van der Waals surface area contributed by atoms with Gasteiger partial charge in [0.15, 0.2) is 11.0 Å². The van der Waals surface area contributed by atoms with E-state index in [1.807, 2.05) is 6.07 Å². The summed E-state index contributed by atoms with van der Waals surface area (Å²) in [6.07, 6.45) is 0. The predicted molar refractivity (Wildman–Crippen MR) is 106 cm³/mol. The Bertz CT molecular complexity index is 879. The maximum atomic E-state index is 13.3. The standard InChI is InChI=1S/C21H24FN3S/c1-5-25-19(16-9-11-17(12-10-16)21(2,3)4)23-24-20(25)26-14-15-7-6-8-18(22)13-15/h6-13H,5,14H2,1-4H3. The molecule has 3 rings (SSSR count). The van der Waals surface area contributed by atoms with Gasteiger partial charge in [0.2, 0.25) is 0 Å². The van der Waals surface area contributed by atoms with Gasteiger partial charge < -0.3 is 4.57 Å². The quantitative estimate of drug-likeness (QED) is 0.541. The summed E-state index contributed by atoms with van der Waals surface area (Å²) in [7, 11) is 0. The van der Waals surface area contributed by atoms with Crippen molar-refractivity contribution >= 4 is 11.8 Å². The number of aromatic nitrogens is 3. The Hall–Kier alpha value is -2.14. The maximum absolute atomic E-state index is 13.3. The SMILES string of the molecule is CCn1c(SCc2cccc(F)c2)nnc1-c1ccc(C(C)(C)C)cc1. The van der Waals surface area contributed by atoms with E-state index in [-0.39, 0.29) is 11.2 Å². The van der Waals surface area contributed by atoms with Crippen LogP contribution in [-0.4, -0.2) is 14.8 Å². The topological polar surface area (TPSA) is 30.7 Å². The molecule has 0 saturated heterocycles. The van der Waals surface area contributed by atoms with E-state index in [0.29, 0.717) is 5.75 Å². The van der Waals surface area contributed by atoms with Crippen LogP contribution in [0.3, 0.4) is 0 Å². The van der Waals surface area contributed by atoms with Gasteiger partial charge in [-0.05, 0) is 35.6 Å². The van der Waals surface area contributed by atoms with Gasteiger partial charge in [-0.3, -0.25) is 0 Å². The van der Waals surface area contributed by atoms with Crippen molar-refractivity contribution < 1.29 is 4.39 Å². The molecule has 0 saturated carbocycles. The van der Waals surface area contributed by atoms with Crippen LogP contribution in [0.25, 0.3) is 11.4 Å². The van der Waals surface area contributed by atoms with Crippen molar-refractivity contribution in [3.63, 3.8) is 0 Å². The highest BCUT2D eigenvalue weighted by atomic mass is 32.2. The van der Waals surface area contributed by atoms with Crippen LogP contribution >= 0.6 is 11.8 Å². The fourth-order valence-corrected chi connectivity index (χ4v) is 3.73. The van der Waals surface area contributed by atoms with Gasteiger partial charge in [0.1, 0.15) is 5.82 Å². The lowest BCUT2D eigenvalue weighted by molar-refractivity contribution is 0.590. The summed E-state index contributed by atoms with van der Waals surface area (Å²) in [6, 6.07) is 15.2. The molecule has 0 spiro atoms. The molecule has 136 valence electrons. The molecule has 0 radical (unpaired) electrons. The second-order valence-electron chi connectivity index (χ2n) is 7.30. The van der Waals surface area contributed by atoms with E-state index in [4.69, 9.17) is 0 Å². The van der Waals surface area contributed by atoms with E-state index in [9.17, 15) is 4.39 Å². The lowest BCUT2D eigenvalue weighted by Crippen LogP contribution is -2.10. The molecule has 1 aromatic heterocycles. The minimum absolute atomic E-state index is 0.128. The van der Waals surface area contributed by atoms with Gasteiger partial charge in [0, 0.05) is 17.9 Å². The Morgan fingerprint density at radius 1 is 1.04 bits per heavy atom. The molecule has 2 aromatic carbocycles. The van der Waals surface area contributed by atoms with Crippen LogP contribution in [0.5, 0.6) is 0 Å². The molecule has 0 unspecified atom stereocenters. The zero-order chi connectivity index (χ0) is 18.7. The van der Waals surface area contributed by atoms with Crippen LogP contribution in [-0.2, 0) is 17.7 Å². The number of nitrogens with zero attached hydrogens (tertiary/aromatic N) is 3. The summed E-state index contributed by atoms with van der Waals surface area (Å²) in [5.74, 6) is 1.33. The highest BCUT2D eigenvalue weighted by Crippen LogP contribution is 2.28. The number of halogens is 1. The largest absolute Gasteiger partial charge is 0.302 e. The van der Waals surface area contributed by atoms with E-state index in [2.05, 4.69) is 66.7 Å². The van der Waals surface area contributed by atoms with Gasteiger partial charge in [-0.1, -0.05) is 68.9 Å². The monoisotopic (exact) mass is 369 g/mol. The lowest BCUT2D eigenvalue weighted by atomic mass is 9.87. The molecule has 0 aliphatic heterocycles. The summed E-state index contributed by atoms with van der Waals surface area (Å²) >= 11 is 1.58. The molecular weight excluding hydrogens is 345 g/mol. The lowest BCUT2D eigenvalue weighted by Gasteiger charge is -2.19. The smallest absolute Gasteiger partial charge is 0.191 e. The first-order valence-electron chi connectivity index (χ1n) is 8.80. The highest BCUT2D eigenvalue weighted by molar-refractivity contribution is 7.98. The first-order valence-corrected chi connectivity index (χ1v) is 9.78. The third kappa shape index (κ3) is 4.15. The van der Waals surface area contributed by atoms with Crippen molar-refractivity contribution in [1.82, 2.24) is 14.8 Å². The van der Waals surface area contributed by atoms with Crippen molar-refractivity contribution in [2.75, 3.05) is 0 Å². The van der Waals surface area contributed by atoms with Crippen LogP contribution < -0.4 is 0 Å². The van der Waals surface area contributed by atoms with Crippen LogP contribution in [0.2, 0.25) is 0 Å². The van der Waals surface area contributed by atoms with Crippen LogP contribution in [0.4, 0.5) is 4.39 Å². The van der Waals surface area contributed by atoms with Crippen LogP contribution in [0.1, 0.15) is 38.8 Å². The van der Waals surface area contributed by atoms with Gasteiger partial charge >= 0.3 is 0 Å². The zero-order valence-electron chi connectivity index (χ0n) is 15.7. The average Bonchev–Trinajstić information content (AvgIpc) is 3.02. The molecule has 0 aliphatic rings. The number of rotatable bonds is 5. The molecule has 3 nitrogen and oxygen atoms in total. The van der Waals surface area contributed by atoms with Crippen LogP contribution in [0, 0.1) is 5.82 Å². The highest BCUT2D eigenvalue weighted by Gasteiger charge is 2.16. The Labute approximate surface area is 158 Å². The van der Waals surface area contributed by atoms with E-state index in [0.717, 1.165) is 28.7 Å². The maximum Gasteiger partial charge on any atom is 0.191 e. The van der Waals surface area contributed by atoms with Crippen molar-refractivity contribution in [3.05, 3.63) is 65.5 Å². The average molecular weight is 370 g/mol. The third-order valence-corrected chi connectivity index (χ3v) is 5.34. The zero-order valence-corrected chi connectivity index (χ0v) is 16.5. The number of hydrogen-bond donors (Lipinski definition) is 0. The fraction of sp³-hybridized carbons (Fsp3) is 0.333. The van der Waals surface area contributed by atoms with Crippen molar-refractivity contribution in [2.45, 2.75) is 50.6 Å². The van der Waals surface area contributed by atoms with E-state index >= 15 is 0 Å². The van der Waals surface area contributed by atoms with Gasteiger partial charge in [-0.25, -0.2) is 4.39 Å². The second kappa shape index (κ2) is 7.62. The number of hydrogen-bond acceptors (Lipinski definition) is 3. The summed E-state index contributed by atoms with van der Waals surface area (Å²) < 4.78 is 15.4. The molecule has 5 heteroatoms. The summed E-state index contributed by atoms with van der Waals surface area (Å²) in [5.41, 5.74) is 3.43. The number of thioether (sulfide) groups is 1. The Morgan fingerprint density at radius 3 is 2.38 bits per heavy atom. The normalized spacial score (nSPS) is 11.7. The molecule has 0 fully saturated rings. The molecule has 0 bridgehead atoms. The minimum Gasteiger partial charge on any atom is -0.302 e. The summed E-state index contributed by atoms with van der Waals surface area (Å²) in [5, 5.41) is 9.60. The van der Waals surface area contributed by atoms with Gasteiger partial charge in [-0.15, -0.1) is 10.2 Å². The molecule has 0 amide bonds. The van der Waals surface area contributed by atoms with Crippen LogP contribution in [0.15, 0.2) is 53.7 Å². The first-order chi connectivity index (χ1) is 12.4. The molecule has 0 aliphatic carbocycles. The van der Waals surface area contributed by atoms with Crippen molar-refractivity contribution in [3.8, 4) is 11.4 Å². The Morgan fingerprint density at radius 2 is 1.77 bits per heavy atom.